The van der Waals surface area contributed by atoms with Gasteiger partial charge in [-0.05, 0) is 66.4 Å². The normalized spacial score (nSPS) is 9.91. The van der Waals surface area contributed by atoms with Crippen molar-refractivity contribution in [3.63, 3.8) is 0 Å². The van der Waals surface area contributed by atoms with E-state index in [2.05, 4.69) is 39.3 Å². The third kappa shape index (κ3) is 3.63. The highest BCUT2D eigenvalue weighted by Gasteiger charge is 2.15. The Morgan fingerprint density at radius 3 is 2.68 bits per heavy atom. The second kappa shape index (κ2) is 7.17. The smallest absolute Gasteiger partial charge is 0.258 e. The van der Waals surface area contributed by atoms with Gasteiger partial charge in [-0.3, -0.25) is 10.1 Å². The first-order chi connectivity index (χ1) is 10.4. The van der Waals surface area contributed by atoms with Crippen LogP contribution in [-0.4, -0.2) is 11.0 Å². The van der Waals surface area contributed by atoms with Crippen molar-refractivity contribution in [3.8, 4) is 6.07 Å². The molecule has 1 heterocycles. The number of carbonyl (C=O) groups excluding carboxylic acids is 1. The van der Waals surface area contributed by atoms with E-state index in [1.807, 2.05) is 26.0 Å². The van der Waals surface area contributed by atoms with Crippen LogP contribution >= 0.6 is 46.1 Å². The number of hydrogen-bond acceptors (Lipinski definition) is 4. The largest absolute Gasteiger partial charge is 0.323 e. The average Bonchev–Trinajstić information content (AvgIpc) is 2.73. The van der Waals surface area contributed by atoms with E-state index >= 15 is 0 Å². The van der Waals surface area contributed by atoms with Crippen LogP contribution in [0.15, 0.2) is 24.3 Å². The zero-order chi connectivity index (χ0) is 16.3. The molecule has 4 nitrogen and oxygen atoms in total. The lowest BCUT2D eigenvalue weighted by Gasteiger charge is -2.09. The summed E-state index contributed by atoms with van der Waals surface area (Å²) >= 11 is 8.71. The molecule has 0 unspecified atom stereocenters. The molecule has 2 aromatic rings. The van der Waals surface area contributed by atoms with Gasteiger partial charge in [0.1, 0.15) is 11.1 Å². The van der Waals surface area contributed by atoms with E-state index in [1.165, 1.54) is 11.3 Å². The average molecular weight is 441 g/mol. The van der Waals surface area contributed by atoms with Gasteiger partial charge >= 0.3 is 0 Å². The predicted molar refractivity (Wildman–Crippen MR) is 101 cm³/mol. The summed E-state index contributed by atoms with van der Waals surface area (Å²) in [5.74, 6) is -0.272. The van der Waals surface area contributed by atoms with Gasteiger partial charge in [-0.25, -0.2) is 0 Å². The third-order valence-electron chi connectivity index (χ3n) is 3.07. The zero-order valence-corrected chi connectivity index (χ0v) is 15.6. The van der Waals surface area contributed by atoms with Gasteiger partial charge in [-0.15, -0.1) is 11.3 Å². The van der Waals surface area contributed by atoms with Crippen LogP contribution in [-0.2, 0) is 0 Å². The number of rotatable bonds is 2. The number of nitriles is 1. The van der Waals surface area contributed by atoms with Crippen LogP contribution < -0.4 is 10.6 Å². The number of nitrogens with zero attached hydrogens (tertiary/aromatic N) is 1. The molecule has 0 atom stereocenters. The number of nitrogens with one attached hydrogen (secondary N) is 2. The van der Waals surface area contributed by atoms with Crippen molar-refractivity contribution in [1.29, 1.82) is 5.26 Å². The minimum absolute atomic E-state index is 0.183. The Balaban J connectivity index is 2.12. The number of halogens is 1. The van der Waals surface area contributed by atoms with Crippen LogP contribution in [0, 0.1) is 28.7 Å². The number of aryl methyl sites for hydroxylation is 1. The molecule has 2 rings (SSSR count). The van der Waals surface area contributed by atoms with Crippen LogP contribution in [0.1, 0.15) is 26.4 Å². The van der Waals surface area contributed by atoms with Gasteiger partial charge in [0.05, 0.1) is 11.1 Å². The second-order valence-corrected chi connectivity index (χ2v) is 7.28. The van der Waals surface area contributed by atoms with E-state index in [0.29, 0.717) is 16.1 Å². The fourth-order valence-electron chi connectivity index (χ4n) is 1.80. The fourth-order valence-corrected chi connectivity index (χ4v) is 3.71. The van der Waals surface area contributed by atoms with Crippen LogP contribution in [0.25, 0.3) is 0 Å². The number of anilines is 1. The van der Waals surface area contributed by atoms with Gasteiger partial charge in [-0.2, -0.15) is 5.26 Å². The standard InChI is InChI=1S/C15H12IN3OS2/c1-8-9(2)22-14(11(8)7-17)19-15(21)18-13(20)10-5-3-4-6-12(10)16/h3-6H,1-2H3,(H2,18,19,20,21). The fraction of sp³-hybridized carbons (Fsp3) is 0.133. The summed E-state index contributed by atoms with van der Waals surface area (Å²) in [6.45, 7) is 3.84. The third-order valence-corrected chi connectivity index (χ3v) is 5.34. The summed E-state index contributed by atoms with van der Waals surface area (Å²) in [6.07, 6.45) is 0. The van der Waals surface area contributed by atoms with E-state index in [0.717, 1.165) is 14.0 Å². The first-order valence-electron chi connectivity index (χ1n) is 6.31. The molecule has 0 spiro atoms. The molecule has 0 saturated carbocycles. The second-order valence-electron chi connectivity index (χ2n) is 4.49. The first-order valence-corrected chi connectivity index (χ1v) is 8.61. The van der Waals surface area contributed by atoms with Gasteiger partial charge in [0.2, 0.25) is 0 Å². The highest BCUT2D eigenvalue weighted by Crippen LogP contribution is 2.31. The van der Waals surface area contributed by atoms with E-state index < -0.39 is 0 Å². The van der Waals surface area contributed by atoms with Crippen molar-refractivity contribution in [2.75, 3.05) is 5.32 Å². The minimum Gasteiger partial charge on any atom is -0.323 e. The molecule has 0 bridgehead atoms. The van der Waals surface area contributed by atoms with Gasteiger partial charge < -0.3 is 5.32 Å². The summed E-state index contributed by atoms with van der Waals surface area (Å²) in [4.78, 5) is 13.2. The molecule has 2 N–H and O–H groups in total. The van der Waals surface area contributed by atoms with E-state index in [9.17, 15) is 10.1 Å². The molecular formula is C15H12IN3OS2. The van der Waals surface area contributed by atoms with Crippen molar-refractivity contribution >= 4 is 62.2 Å². The topological polar surface area (TPSA) is 64.9 Å². The molecule has 7 heteroatoms. The summed E-state index contributed by atoms with van der Waals surface area (Å²) < 4.78 is 0.848. The first kappa shape index (κ1) is 16.9. The maximum atomic E-state index is 12.2. The summed E-state index contributed by atoms with van der Waals surface area (Å²) in [5.41, 5.74) is 2.06. The number of carbonyl (C=O) groups is 1. The molecule has 0 saturated heterocycles. The lowest BCUT2D eigenvalue weighted by atomic mass is 10.2. The molecule has 0 aliphatic heterocycles. The lowest BCUT2D eigenvalue weighted by Crippen LogP contribution is -2.34. The maximum absolute atomic E-state index is 12.2. The van der Waals surface area contributed by atoms with E-state index in [-0.39, 0.29) is 11.0 Å². The van der Waals surface area contributed by atoms with Gasteiger partial charge in [0, 0.05) is 8.45 Å². The maximum Gasteiger partial charge on any atom is 0.258 e. The van der Waals surface area contributed by atoms with Crippen LogP contribution in [0.2, 0.25) is 0 Å². The zero-order valence-electron chi connectivity index (χ0n) is 11.9. The highest BCUT2D eigenvalue weighted by molar-refractivity contribution is 14.1. The van der Waals surface area contributed by atoms with Crippen LogP contribution in [0.4, 0.5) is 5.00 Å². The molecular weight excluding hydrogens is 429 g/mol. The number of hydrogen-bond donors (Lipinski definition) is 2. The Kier molecular flexibility index (Phi) is 5.50. The SMILES string of the molecule is Cc1sc(NC(=S)NC(=O)c2ccccc2I)c(C#N)c1C. The monoisotopic (exact) mass is 441 g/mol. The summed E-state index contributed by atoms with van der Waals surface area (Å²) in [5, 5.41) is 15.6. The van der Waals surface area contributed by atoms with Gasteiger partial charge in [0.15, 0.2) is 5.11 Å². The molecule has 1 aromatic heterocycles. The molecule has 1 amide bonds. The van der Waals surface area contributed by atoms with Crippen molar-refractivity contribution < 1.29 is 4.79 Å². The number of thiophene rings is 1. The quantitative estimate of drug-likeness (QED) is 0.547. The Labute approximate surface area is 151 Å². The van der Waals surface area contributed by atoms with Crippen molar-refractivity contribution in [1.82, 2.24) is 5.32 Å². The van der Waals surface area contributed by atoms with Crippen LogP contribution in [0.5, 0.6) is 0 Å². The molecule has 22 heavy (non-hydrogen) atoms. The Morgan fingerprint density at radius 2 is 2.05 bits per heavy atom. The molecule has 112 valence electrons. The lowest BCUT2D eigenvalue weighted by molar-refractivity contribution is 0.0977. The molecule has 0 aliphatic rings. The molecule has 0 fully saturated rings. The summed E-state index contributed by atoms with van der Waals surface area (Å²) in [7, 11) is 0. The Bertz CT molecular complexity index is 793. The molecule has 0 radical (unpaired) electrons. The Morgan fingerprint density at radius 1 is 1.36 bits per heavy atom. The van der Waals surface area contributed by atoms with Gasteiger partial charge in [0.25, 0.3) is 5.91 Å². The van der Waals surface area contributed by atoms with Crippen LogP contribution in [0.3, 0.4) is 0 Å². The Hall–Kier alpha value is -1.50. The van der Waals surface area contributed by atoms with E-state index in [1.54, 1.807) is 12.1 Å². The van der Waals surface area contributed by atoms with Crippen molar-refractivity contribution in [2.24, 2.45) is 0 Å². The predicted octanol–water partition coefficient (Wildman–Crippen LogP) is 3.97. The van der Waals surface area contributed by atoms with Gasteiger partial charge in [-0.1, -0.05) is 12.1 Å². The van der Waals surface area contributed by atoms with Crippen molar-refractivity contribution in [2.45, 2.75) is 13.8 Å². The summed E-state index contributed by atoms with van der Waals surface area (Å²) in [6, 6.07) is 9.41. The minimum atomic E-state index is -0.272. The molecule has 1 aromatic carbocycles. The number of amides is 1. The number of thiocarbonyl (C=S) groups is 1. The highest BCUT2D eigenvalue weighted by atomic mass is 127. The molecule has 0 aliphatic carbocycles. The number of benzene rings is 1. The van der Waals surface area contributed by atoms with Crippen molar-refractivity contribution in [3.05, 3.63) is 49.4 Å². The van der Waals surface area contributed by atoms with E-state index in [4.69, 9.17) is 12.2 Å².